The summed E-state index contributed by atoms with van der Waals surface area (Å²) in [6.07, 6.45) is 1.50. The molecule has 1 aliphatic rings. The van der Waals surface area contributed by atoms with Gasteiger partial charge in [0.1, 0.15) is 16.8 Å². The minimum Gasteiger partial charge on any atom is -0.354 e. The van der Waals surface area contributed by atoms with E-state index in [0.29, 0.717) is 37.6 Å². The molecule has 1 aromatic carbocycles. The van der Waals surface area contributed by atoms with Gasteiger partial charge in [0.25, 0.3) is 0 Å². The molecule has 0 unspecified atom stereocenters. The van der Waals surface area contributed by atoms with Crippen LogP contribution in [0.4, 0.5) is 5.82 Å². The monoisotopic (exact) mass is 396 g/mol. The van der Waals surface area contributed by atoms with E-state index in [4.69, 9.17) is 28.5 Å². The van der Waals surface area contributed by atoms with E-state index in [9.17, 15) is 8.42 Å². The van der Waals surface area contributed by atoms with Gasteiger partial charge >= 0.3 is 0 Å². The van der Waals surface area contributed by atoms with Crippen LogP contribution >= 0.6 is 23.2 Å². The number of rotatable bonds is 3. The Morgan fingerprint density at radius 1 is 1.04 bits per heavy atom. The van der Waals surface area contributed by atoms with E-state index in [1.54, 1.807) is 18.2 Å². The number of nitrogens with zero attached hydrogens (tertiary/aromatic N) is 4. The highest BCUT2D eigenvalue weighted by Crippen LogP contribution is 2.32. The Balaban J connectivity index is 1.76. The van der Waals surface area contributed by atoms with Gasteiger partial charge in [0.05, 0.1) is 15.6 Å². The third kappa shape index (κ3) is 3.58. The van der Waals surface area contributed by atoms with Gasteiger partial charge in [-0.2, -0.15) is 9.57 Å². The maximum Gasteiger partial charge on any atom is 0.246 e. The van der Waals surface area contributed by atoms with E-state index in [0.717, 1.165) is 0 Å². The number of nitriles is 1. The molecule has 25 heavy (non-hydrogen) atoms. The Morgan fingerprint density at radius 2 is 1.68 bits per heavy atom. The topological polar surface area (TPSA) is 77.3 Å². The maximum atomic E-state index is 12.8. The van der Waals surface area contributed by atoms with Crippen molar-refractivity contribution >= 4 is 39.0 Å². The van der Waals surface area contributed by atoms with Gasteiger partial charge in [-0.25, -0.2) is 13.4 Å². The molecule has 0 amide bonds. The van der Waals surface area contributed by atoms with Crippen LogP contribution in [0.2, 0.25) is 10.0 Å². The van der Waals surface area contributed by atoms with Gasteiger partial charge in [0.2, 0.25) is 10.0 Å². The SMILES string of the molecule is N#Cc1ccc(N2CCN(S(=O)(=O)c3c(Cl)cccc3Cl)CC2)nc1. The second-order valence-corrected chi connectivity index (χ2v) is 8.15. The number of anilines is 1. The predicted molar refractivity (Wildman–Crippen MR) is 96.4 cm³/mol. The lowest BCUT2D eigenvalue weighted by atomic mass is 10.3. The van der Waals surface area contributed by atoms with Crippen molar-refractivity contribution in [2.75, 3.05) is 31.1 Å². The molecule has 1 aliphatic heterocycles. The van der Waals surface area contributed by atoms with Crippen molar-refractivity contribution in [3.63, 3.8) is 0 Å². The highest BCUT2D eigenvalue weighted by atomic mass is 35.5. The molecule has 2 aromatic rings. The Hall–Kier alpha value is -1.85. The molecule has 9 heteroatoms. The average molecular weight is 397 g/mol. The fourth-order valence-corrected chi connectivity index (χ4v) is 5.17. The average Bonchev–Trinajstić information content (AvgIpc) is 2.61. The van der Waals surface area contributed by atoms with Gasteiger partial charge in [-0.15, -0.1) is 0 Å². The zero-order valence-corrected chi connectivity index (χ0v) is 15.4. The fourth-order valence-electron chi connectivity index (χ4n) is 2.65. The van der Waals surface area contributed by atoms with E-state index < -0.39 is 10.0 Å². The van der Waals surface area contributed by atoms with E-state index in [1.165, 1.54) is 22.6 Å². The Kier molecular flexibility index (Phi) is 5.16. The molecule has 0 atom stereocenters. The van der Waals surface area contributed by atoms with Gasteiger partial charge < -0.3 is 4.90 Å². The van der Waals surface area contributed by atoms with Crippen molar-refractivity contribution in [1.29, 1.82) is 5.26 Å². The lowest BCUT2D eigenvalue weighted by molar-refractivity contribution is 0.384. The Morgan fingerprint density at radius 3 is 2.20 bits per heavy atom. The molecule has 0 N–H and O–H groups in total. The molecule has 1 saturated heterocycles. The molecule has 1 aromatic heterocycles. The molecule has 0 bridgehead atoms. The molecule has 0 radical (unpaired) electrons. The summed E-state index contributed by atoms with van der Waals surface area (Å²) in [5, 5.41) is 9.05. The Labute approximate surface area is 156 Å². The van der Waals surface area contributed by atoms with Crippen LogP contribution in [0.15, 0.2) is 41.4 Å². The minimum atomic E-state index is -3.76. The molecular formula is C16H14Cl2N4O2S. The number of halogens is 2. The zero-order valence-electron chi connectivity index (χ0n) is 13.1. The highest BCUT2D eigenvalue weighted by molar-refractivity contribution is 7.89. The molecule has 3 rings (SSSR count). The van der Waals surface area contributed by atoms with Crippen molar-refractivity contribution in [2.45, 2.75) is 4.90 Å². The van der Waals surface area contributed by atoms with Crippen LogP contribution in [0, 0.1) is 11.3 Å². The van der Waals surface area contributed by atoms with Crippen LogP contribution in [-0.2, 0) is 10.0 Å². The van der Waals surface area contributed by atoms with Gasteiger partial charge in [0, 0.05) is 32.4 Å². The summed E-state index contributed by atoms with van der Waals surface area (Å²) in [4.78, 5) is 6.16. The summed E-state index contributed by atoms with van der Waals surface area (Å²) in [7, 11) is -3.76. The fraction of sp³-hybridized carbons (Fsp3) is 0.250. The quantitative estimate of drug-likeness (QED) is 0.796. The minimum absolute atomic E-state index is 0.0525. The predicted octanol–water partition coefficient (Wildman–Crippen LogP) is 2.77. The maximum absolute atomic E-state index is 12.8. The van der Waals surface area contributed by atoms with Gasteiger partial charge in [0.15, 0.2) is 0 Å². The molecule has 0 saturated carbocycles. The number of piperazine rings is 1. The van der Waals surface area contributed by atoms with E-state index in [-0.39, 0.29) is 14.9 Å². The molecule has 0 spiro atoms. The first kappa shape index (κ1) is 18.0. The summed E-state index contributed by atoms with van der Waals surface area (Å²) < 4.78 is 27.1. The summed E-state index contributed by atoms with van der Waals surface area (Å²) in [5.41, 5.74) is 0.485. The number of sulfonamides is 1. The normalized spacial score (nSPS) is 15.8. The highest BCUT2D eigenvalue weighted by Gasteiger charge is 2.32. The molecule has 130 valence electrons. The first-order valence-electron chi connectivity index (χ1n) is 7.49. The van der Waals surface area contributed by atoms with Crippen molar-refractivity contribution in [3.05, 3.63) is 52.1 Å². The van der Waals surface area contributed by atoms with Crippen LogP contribution in [0.1, 0.15) is 5.56 Å². The molecule has 0 aliphatic carbocycles. The number of aromatic nitrogens is 1. The summed E-state index contributed by atoms with van der Waals surface area (Å²) in [5.74, 6) is 0.715. The van der Waals surface area contributed by atoms with Gasteiger partial charge in [-0.3, -0.25) is 0 Å². The van der Waals surface area contributed by atoms with Crippen LogP contribution < -0.4 is 4.90 Å². The van der Waals surface area contributed by atoms with Crippen molar-refractivity contribution in [2.24, 2.45) is 0 Å². The first-order chi connectivity index (χ1) is 11.9. The summed E-state index contributed by atoms with van der Waals surface area (Å²) in [6, 6.07) is 10.1. The van der Waals surface area contributed by atoms with Crippen LogP contribution in [0.5, 0.6) is 0 Å². The lowest BCUT2D eigenvalue weighted by Gasteiger charge is -2.34. The third-order valence-electron chi connectivity index (χ3n) is 3.96. The van der Waals surface area contributed by atoms with E-state index >= 15 is 0 Å². The van der Waals surface area contributed by atoms with Crippen molar-refractivity contribution in [1.82, 2.24) is 9.29 Å². The largest absolute Gasteiger partial charge is 0.354 e. The smallest absolute Gasteiger partial charge is 0.246 e. The molecular weight excluding hydrogens is 383 g/mol. The number of benzene rings is 1. The van der Waals surface area contributed by atoms with Crippen LogP contribution in [0.3, 0.4) is 0 Å². The first-order valence-corrected chi connectivity index (χ1v) is 9.68. The van der Waals surface area contributed by atoms with Crippen molar-refractivity contribution < 1.29 is 8.42 Å². The molecule has 6 nitrogen and oxygen atoms in total. The lowest BCUT2D eigenvalue weighted by Crippen LogP contribution is -2.49. The zero-order chi connectivity index (χ0) is 18.0. The second kappa shape index (κ2) is 7.18. The summed E-state index contributed by atoms with van der Waals surface area (Å²) >= 11 is 12.1. The summed E-state index contributed by atoms with van der Waals surface area (Å²) in [6.45, 7) is 1.57. The van der Waals surface area contributed by atoms with Crippen LogP contribution in [0.25, 0.3) is 0 Å². The van der Waals surface area contributed by atoms with Gasteiger partial charge in [-0.1, -0.05) is 29.3 Å². The van der Waals surface area contributed by atoms with E-state index in [2.05, 4.69) is 4.98 Å². The van der Waals surface area contributed by atoms with Gasteiger partial charge in [-0.05, 0) is 24.3 Å². The number of hydrogen-bond donors (Lipinski definition) is 0. The third-order valence-corrected chi connectivity index (χ3v) is 6.81. The van der Waals surface area contributed by atoms with E-state index in [1.807, 2.05) is 11.0 Å². The second-order valence-electron chi connectivity index (χ2n) is 5.46. The standard InChI is InChI=1S/C16H14Cl2N4O2S/c17-13-2-1-3-14(18)16(13)25(23,24)22-8-6-21(7-9-22)15-5-4-12(10-19)11-20-15/h1-5,11H,6-9H2. The Bertz CT molecular complexity index is 898. The van der Waals surface area contributed by atoms with Crippen molar-refractivity contribution in [3.8, 4) is 6.07 Å². The number of pyridine rings is 1. The molecule has 2 heterocycles. The number of hydrogen-bond acceptors (Lipinski definition) is 5. The van der Waals surface area contributed by atoms with Crippen LogP contribution in [-0.4, -0.2) is 43.9 Å². The molecule has 1 fully saturated rings.